The van der Waals surface area contributed by atoms with Gasteiger partial charge in [0.2, 0.25) is 5.91 Å². The zero-order valence-electron chi connectivity index (χ0n) is 20.3. The molecular formula is C26H45NO4. The number of hydroxylamine groups is 2. The minimum absolute atomic E-state index is 0.0584. The maximum absolute atomic E-state index is 12.3. The fraction of sp³-hybridized carbons (Fsp3) is 0.962. The second-order valence-corrected chi connectivity index (χ2v) is 11.8. The van der Waals surface area contributed by atoms with Crippen LogP contribution in [-0.2, 0) is 9.63 Å². The zero-order chi connectivity index (χ0) is 22.6. The van der Waals surface area contributed by atoms with Crippen molar-refractivity contribution in [3.8, 4) is 0 Å². The van der Waals surface area contributed by atoms with Crippen molar-refractivity contribution in [3.05, 3.63) is 0 Å². The minimum Gasteiger partial charge on any atom is -0.393 e. The lowest BCUT2D eigenvalue weighted by Crippen LogP contribution is -2.62. The third-order valence-electron chi connectivity index (χ3n) is 10.9. The lowest BCUT2D eigenvalue weighted by molar-refractivity contribution is -0.202. The van der Waals surface area contributed by atoms with Crippen LogP contribution in [0.25, 0.3) is 0 Å². The largest absolute Gasteiger partial charge is 0.393 e. The number of aliphatic hydroxyl groups excluding tert-OH is 2. The summed E-state index contributed by atoms with van der Waals surface area (Å²) in [5, 5.41) is 23.5. The van der Waals surface area contributed by atoms with E-state index in [4.69, 9.17) is 4.84 Å². The van der Waals surface area contributed by atoms with Crippen LogP contribution in [0, 0.1) is 46.3 Å². The monoisotopic (exact) mass is 435 g/mol. The summed E-state index contributed by atoms with van der Waals surface area (Å²) in [5.74, 6) is 2.87. The van der Waals surface area contributed by atoms with Gasteiger partial charge in [-0.25, -0.2) is 5.06 Å². The normalized spacial score (nSPS) is 49.1. The molecule has 0 aliphatic heterocycles. The maximum Gasteiger partial charge on any atom is 0.245 e. The summed E-state index contributed by atoms with van der Waals surface area (Å²) < 4.78 is 0. The van der Waals surface area contributed by atoms with Gasteiger partial charge >= 0.3 is 0 Å². The molecule has 0 heterocycles. The van der Waals surface area contributed by atoms with Gasteiger partial charge in [0.25, 0.3) is 0 Å². The van der Waals surface area contributed by atoms with Crippen LogP contribution >= 0.6 is 0 Å². The van der Waals surface area contributed by atoms with Crippen molar-refractivity contribution < 1.29 is 19.8 Å². The summed E-state index contributed by atoms with van der Waals surface area (Å²) in [6.07, 6.45) is 9.70. The Balaban J connectivity index is 1.56. The van der Waals surface area contributed by atoms with E-state index in [1.807, 2.05) is 0 Å². The molecule has 178 valence electrons. The van der Waals surface area contributed by atoms with Gasteiger partial charge < -0.3 is 10.2 Å². The molecule has 0 aromatic heterocycles. The Morgan fingerprint density at radius 3 is 2.39 bits per heavy atom. The third kappa shape index (κ3) is 3.67. The van der Waals surface area contributed by atoms with E-state index in [0.717, 1.165) is 32.1 Å². The van der Waals surface area contributed by atoms with Gasteiger partial charge in [0.15, 0.2) is 0 Å². The summed E-state index contributed by atoms with van der Waals surface area (Å²) in [6.45, 7) is 7.18. The van der Waals surface area contributed by atoms with Crippen LogP contribution in [0.3, 0.4) is 0 Å². The molecule has 4 rings (SSSR count). The molecule has 2 N–H and O–H groups in total. The van der Waals surface area contributed by atoms with Gasteiger partial charge in [-0.15, -0.1) is 0 Å². The Hall–Kier alpha value is -0.650. The molecule has 0 aromatic rings. The van der Waals surface area contributed by atoms with E-state index in [-0.39, 0.29) is 28.9 Å². The van der Waals surface area contributed by atoms with Gasteiger partial charge in [0.1, 0.15) is 0 Å². The number of carbonyl (C=O) groups is 1. The summed E-state index contributed by atoms with van der Waals surface area (Å²) >= 11 is 0. The number of hydrogen-bond acceptors (Lipinski definition) is 4. The summed E-state index contributed by atoms with van der Waals surface area (Å²) in [6, 6.07) is 0. The Morgan fingerprint density at radius 1 is 1.03 bits per heavy atom. The van der Waals surface area contributed by atoms with E-state index in [0.29, 0.717) is 41.9 Å². The molecule has 0 unspecified atom stereocenters. The number of rotatable bonds is 5. The molecule has 4 aliphatic carbocycles. The van der Waals surface area contributed by atoms with Crippen LogP contribution in [0.2, 0.25) is 0 Å². The molecule has 0 bridgehead atoms. The fourth-order valence-electron chi connectivity index (χ4n) is 9.10. The molecule has 0 radical (unpaired) electrons. The molecule has 0 saturated heterocycles. The Labute approximate surface area is 188 Å². The first-order valence-electron chi connectivity index (χ1n) is 12.8. The molecule has 4 aliphatic rings. The second-order valence-electron chi connectivity index (χ2n) is 11.8. The van der Waals surface area contributed by atoms with Gasteiger partial charge in [0.05, 0.1) is 19.3 Å². The van der Waals surface area contributed by atoms with Crippen molar-refractivity contribution in [2.24, 2.45) is 46.3 Å². The van der Waals surface area contributed by atoms with E-state index < -0.39 is 0 Å². The van der Waals surface area contributed by atoms with Crippen LogP contribution < -0.4 is 0 Å². The van der Waals surface area contributed by atoms with Crippen LogP contribution in [0.5, 0.6) is 0 Å². The Morgan fingerprint density at radius 2 is 1.71 bits per heavy atom. The SMILES string of the molecule is CC[C@H]1[C@@H](O)[C@@H]2[C@H](CC[C@]3(C)[C@@H](CCC(=O)N(C)OC)CC[C@@H]23)[C@@]2(C)CC[C@@H](O)C[C@@H]12. The molecule has 31 heavy (non-hydrogen) atoms. The quantitative estimate of drug-likeness (QED) is 0.628. The standard InChI is InChI=1S/C26H45NO4/c1-6-18-21-15-17(28)11-13-26(21,3)20-12-14-25(2)16(8-10-22(29)27(4)31-5)7-9-19(25)23(20)24(18)30/h16-21,23-24,28,30H,6-15H2,1-5H3/t16-,17-,18-,19+,20+,21+,23+,24-,25-,26-/m1/s1. The van der Waals surface area contributed by atoms with Crippen molar-refractivity contribution in [2.75, 3.05) is 14.2 Å². The Bertz CT molecular complexity index is 670. The van der Waals surface area contributed by atoms with Crippen molar-refractivity contribution in [1.82, 2.24) is 5.06 Å². The Kier molecular flexibility index (Phi) is 6.53. The average Bonchev–Trinajstić information content (AvgIpc) is 3.09. The number of amides is 1. The molecular weight excluding hydrogens is 390 g/mol. The van der Waals surface area contributed by atoms with Crippen LogP contribution in [0.4, 0.5) is 0 Å². The molecule has 0 spiro atoms. The number of aliphatic hydroxyl groups is 2. The third-order valence-corrected chi connectivity index (χ3v) is 10.9. The van der Waals surface area contributed by atoms with Gasteiger partial charge in [0, 0.05) is 13.5 Å². The highest BCUT2D eigenvalue weighted by atomic mass is 16.7. The average molecular weight is 436 g/mol. The van der Waals surface area contributed by atoms with Crippen molar-refractivity contribution in [3.63, 3.8) is 0 Å². The maximum atomic E-state index is 12.3. The van der Waals surface area contributed by atoms with Crippen LogP contribution in [0.15, 0.2) is 0 Å². The number of fused-ring (bicyclic) bond motifs is 5. The molecule has 5 nitrogen and oxygen atoms in total. The topological polar surface area (TPSA) is 70.0 Å². The van der Waals surface area contributed by atoms with E-state index in [9.17, 15) is 15.0 Å². The molecule has 4 fully saturated rings. The van der Waals surface area contributed by atoms with Crippen LogP contribution in [-0.4, -0.2) is 47.5 Å². The first-order valence-corrected chi connectivity index (χ1v) is 12.8. The van der Waals surface area contributed by atoms with Crippen molar-refractivity contribution >= 4 is 5.91 Å². The minimum atomic E-state index is -0.247. The van der Waals surface area contributed by atoms with Crippen molar-refractivity contribution in [2.45, 2.75) is 97.2 Å². The molecule has 1 amide bonds. The zero-order valence-corrected chi connectivity index (χ0v) is 20.3. The van der Waals surface area contributed by atoms with Gasteiger partial charge in [-0.1, -0.05) is 27.2 Å². The van der Waals surface area contributed by atoms with E-state index in [1.54, 1.807) is 14.2 Å². The molecule has 10 atom stereocenters. The fourth-order valence-corrected chi connectivity index (χ4v) is 9.10. The second kappa shape index (κ2) is 8.61. The van der Waals surface area contributed by atoms with E-state index >= 15 is 0 Å². The van der Waals surface area contributed by atoms with E-state index in [2.05, 4.69) is 20.8 Å². The van der Waals surface area contributed by atoms with Crippen molar-refractivity contribution in [1.29, 1.82) is 0 Å². The highest BCUT2D eigenvalue weighted by Crippen LogP contribution is 2.69. The summed E-state index contributed by atoms with van der Waals surface area (Å²) in [4.78, 5) is 17.4. The molecule has 0 aromatic carbocycles. The molecule has 5 heteroatoms. The predicted octanol–water partition coefficient (Wildman–Crippen LogP) is 4.41. The highest BCUT2D eigenvalue weighted by Gasteiger charge is 2.64. The molecule has 4 saturated carbocycles. The lowest BCUT2D eigenvalue weighted by Gasteiger charge is -2.64. The summed E-state index contributed by atoms with van der Waals surface area (Å²) in [5.41, 5.74) is 0.476. The number of carbonyl (C=O) groups excluding carboxylic acids is 1. The van der Waals surface area contributed by atoms with Crippen LogP contribution in [0.1, 0.15) is 85.0 Å². The van der Waals surface area contributed by atoms with E-state index in [1.165, 1.54) is 30.7 Å². The smallest absolute Gasteiger partial charge is 0.245 e. The number of nitrogens with zero attached hydrogens (tertiary/aromatic N) is 1. The lowest BCUT2D eigenvalue weighted by atomic mass is 9.41. The number of hydrogen-bond donors (Lipinski definition) is 2. The van der Waals surface area contributed by atoms with Gasteiger partial charge in [-0.2, -0.15) is 0 Å². The van der Waals surface area contributed by atoms with Gasteiger partial charge in [-0.3, -0.25) is 9.63 Å². The highest BCUT2D eigenvalue weighted by molar-refractivity contribution is 5.74. The predicted molar refractivity (Wildman–Crippen MR) is 121 cm³/mol. The first-order chi connectivity index (χ1) is 14.7. The summed E-state index contributed by atoms with van der Waals surface area (Å²) in [7, 11) is 3.23. The van der Waals surface area contributed by atoms with Gasteiger partial charge in [-0.05, 0) is 97.7 Å². The first kappa shape index (κ1) is 23.5.